The van der Waals surface area contributed by atoms with Gasteiger partial charge in [-0.1, -0.05) is 18.2 Å². The maximum Gasteiger partial charge on any atom is 0.207 e. The van der Waals surface area contributed by atoms with Gasteiger partial charge in [-0.05, 0) is 53.0 Å². The van der Waals surface area contributed by atoms with Crippen molar-refractivity contribution in [2.45, 2.75) is 26.3 Å². The van der Waals surface area contributed by atoms with Crippen molar-refractivity contribution in [2.75, 3.05) is 26.0 Å². The normalized spacial score (nSPS) is 12.7. The molecule has 0 aliphatic carbocycles. The maximum atomic E-state index is 4.59. The first-order valence-electron chi connectivity index (χ1n) is 7.09. The number of rotatable bonds is 6. The summed E-state index contributed by atoms with van der Waals surface area (Å²) >= 11 is 0. The summed E-state index contributed by atoms with van der Waals surface area (Å²) < 4.78 is 2.11. The van der Waals surface area contributed by atoms with Crippen LogP contribution in [0, 0.1) is 6.92 Å². The zero-order chi connectivity index (χ0) is 14.5. The Morgan fingerprint density at radius 1 is 1.25 bits per heavy atom. The lowest BCUT2D eigenvalue weighted by atomic mass is 10.2. The summed E-state index contributed by atoms with van der Waals surface area (Å²) in [5, 5.41) is 3.51. The number of nitrogens with zero attached hydrogens (tertiary/aromatic N) is 3. The molecular weight excluding hydrogens is 248 g/mol. The number of nitrogens with one attached hydrogen (secondary N) is 1. The molecule has 1 N–H and O–H groups in total. The number of para-hydroxylation sites is 1. The molecular formula is C16H24N4. The highest BCUT2D eigenvalue weighted by atomic mass is 15.2. The van der Waals surface area contributed by atoms with E-state index in [1.807, 2.05) is 25.1 Å². The molecule has 0 fully saturated rings. The molecule has 20 heavy (non-hydrogen) atoms. The van der Waals surface area contributed by atoms with Gasteiger partial charge in [0, 0.05) is 17.9 Å². The summed E-state index contributed by atoms with van der Waals surface area (Å²) in [6.45, 7) is 5.29. The molecule has 1 aromatic carbocycles. The Bertz CT molecular complexity index is 531. The minimum Gasteiger partial charge on any atom is -0.353 e. The largest absolute Gasteiger partial charge is 0.353 e. The quantitative estimate of drug-likeness (QED) is 0.877. The third kappa shape index (κ3) is 3.84. The predicted octanol–water partition coefficient (Wildman–Crippen LogP) is 2.93. The molecule has 1 heterocycles. The average molecular weight is 272 g/mol. The Hall–Kier alpha value is -1.81. The van der Waals surface area contributed by atoms with E-state index in [0.717, 1.165) is 30.3 Å². The molecule has 0 saturated carbocycles. The van der Waals surface area contributed by atoms with E-state index in [2.05, 4.69) is 59.1 Å². The molecule has 1 atom stereocenters. The first-order valence-corrected chi connectivity index (χ1v) is 7.09. The highest BCUT2D eigenvalue weighted by Crippen LogP contribution is 2.17. The summed E-state index contributed by atoms with van der Waals surface area (Å²) in [6.07, 6.45) is 3.16. The van der Waals surface area contributed by atoms with Gasteiger partial charge in [0.15, 0.2) is 0 Å². The van der Waals surface area contributed by atoms with Crippen LogP contribution in [0.4, 0.5) is 5.95 Å². The second-order valence-corrected chi connectivity index (χ2v) is 5.55. The van der Waals surface area contributed by atoms with E-state index < -0.39 is 0 Å². The minimum absolute atomic E-state index is 0.390. The molecule has 108 valence electrons. The fourth-order valence-corrected chi connectivity index (χ4v) is 2.13. The Balaban J connectivity index is 2.12. The van der Waals surface area contributed by atoms with Crippen LogP contribution in [0.2, 0.25) is 0 Å². The Morgan fingerprint density at radius 3 is 2.60 bits per heavy atom. The fraction of sp³-hybridized carbons (Fsp3) is 0.438. The number of hydrogen-bond donors (Lipinski definition) is 1. The second-order valence-electron chi connectivity index (χ2n) is 5.55. The van der Waals surface area contributed by atoms with Gasteiger partial charge in [-0.25, -0.2) is 4.98 Å². The highest BCUT2D eigenvalue weighted by molar-refractivity contribution is 5.43. The topological polar surface area (TPSA) is 33.1 Å². The number of anilines is 1. The summed E-state index contributed by atoms with van der Waals surface area (Å²) in [4.78, 5) is 6.79. The molecule has 0 amide bonds. The predicted molar refractivity (Wildman–Crippen MR) is 84.6 cm³/mol. The maximum absolute atomic E-state index is 4.59. The Labute approximate surface area is 121 Å². The van der Waals surface area contributed by atoms with Gasteiger partial charge in [0.05, 0.1) is 5.69 Å². The van der Waals surface area contributed by atoms with Crippen molar-refractivity contribution < 1.29 is 0 Å². The zero-order valence-corrected chi connectivity index (χ0v) is 12.8. The van der Waals surface area contributed by atoms with Crippen molar-refractivity contribution >= 4 is 5.95 Å². The SMILES string of the molecule is Cc1cn(-c2ccccc2)c(NC(C)CCN(C)C)n1. The highest BCUT2D eigenvalue weighted by Gasteiger charge is 2.10. The Kier molecular flexibility index (Phi) is 4.79. The summed E-state index contributed by atoms with van der Waals surface area (Å²) in [5.74, 6) is 0.917. The molecule has 0 bridgehead atoms. The standard InChI is InChI=1S/C16H24N4/c1-13(10-11-19(3)4)17-16-18-14(2)12-20(16)15-8-6-5-7-9-15/h5-9,12-13H,10-11H2,1-4H3,(H,17,18). The van der Waals surface area contributed by atoms with E-state index in [4.69, 9.17) is 0 Å². The molecule has 4 heteroatoms. The van der Waals surface area contributed by atoms with E-state index in [-0.39, 0.29) is 0 Å². The lowest BCUT2D eigenvalue weighted by Gasteiger charge is -2.18. The van der Waals surface area contributed by atoms with Crippen LogP contribution < -0.4 is 5.32 Å². The molecule has 0 radical (unpaired) electrons. The smallest absolute Gasteiger partial charge is 0.207 e. The molecule has 2 aromatic rings. The van der Waals surface area contributed by atoms with Crippen molar-refractivity contribution in [1.29, 1.82) is 0 Å². The number of imidazole rings is 1. The molecule has 1 aromatic heterocycles. The van der Waals surface area contributed by atoms with Gasteiger partial charge in [-0.2, -0.15) is 0 Å². The van der Waals surface area contributed by atoms with Crippen LogP contribution >= 0.6 is 0 Å². The molecule has 4 nitrogen and oxygen atoms in total. The van der Waals surface area contributed by atoms with Crippen LogP contribution in [-0.4, -0.2) is 41.1 Å². The first kappa shape index (κ1) is 14.6. The molecule has 2 rings (SSSR count). The number of aryl methyl sites for hydroxylation is 1. The van der Waals surface area contributed by atoms with Crippen LogP contribution in [0.5, 0.6) is 0 Å². The molecule has 0 aliphatic rings. The van der Waals surface area contributed by atoms with Gasteiger partial charge in [-0.3, -0.25) is 4.57 Å². The van der Waals surface area contributed by atoms with Crippen LogP contribution in [0.25, 0.3) is 5.69 Å². The van der Waals surface area contributed by atoms with E-state index >= 15 is 0 Å². The van der Waals surface area contributed by atoms with E-state index in [9.17, 15) is 0 Å². The van der Waals surface area contributed by atoms with Crippen molar-refractivity contribution in [3.05, 3.63) is 42.2 Å². The zero-order valence-electron chi connectivity index (χ0n) is 12.8. The van der Waals surface area contributed by atoms with Crippen LogP contribution in [-0.2, 0) is 0 Å². The van der Waals surface area contributed by atoms with Crippen LogP contribution in [0.1, 0.15) is 19.0 Å². The van der Waals surface area contributed by atoms with Crippen LogP contribution in [0.15, 0.2) is 36.5 Å². The van der Waals surface area contributed by atoms with Gasteiger partial charge >= 0.3 is 0 Å². The number of hydrogen-bond acceptors (Lipinski definition) is 3. The number of aromatic nitrogens is 2. The lowest BCUT2D eigenvalue weighted by molar-refractivity contribution is 0.390. The fourth-order valence-electron chi connectivity index (χ4n) is 2.13. The second kappa shape index (κ2) is 6.57. The molecule has 1 unspecified atom stereocenters. The van der Waals surface area contributed by atoms with E-state index in [1.165, 1.54) is 0 Å². The third-order valence-electron chi connectivity index (χ3n) is 3.25. The van der Waals surface area contributed by atoms with Gasteiger partial charge < -0.3 is 10.2 Å². The summed E-state index contributed by atoms with van der Waals surface area (Å²) in [5.41, 5.74) is 2.16. The summed E-state index contributed by atoms with van der Waals surface area (Å²) in [6, 6.07) is 10.7. The Morgan fingerprint density at radius 2 is 1.95 bits per heavy atom. The monoisotopic (exact) mass is 272 g/mol. The van der Waals surface area contributed by atoms with Gasteiger partial charge in [0.1, 0.15) is 0 Å². The van der Waals surface area contributed by atoms with Gasteiger partial charge in [0.2, 0.25) is 5.95 Å². The first-order chi connectivity index (χ1) is 9.56. The molecule has 0 aliphatic heterocycles. The molecule has 0 saturated heterocycles. The molecule has 0 spiro atoms. The lowest BCUT2D eigenvalue weighted by Crippen LogP contribution is -2.24. The van der Waals surface area contributed by atoms with E-state index in [0.29, 0.717) is 6.04 Å². The van der Waals surface area contributed by atoms with Crippen molar-refractivity contribution in [3.8, 4) is 5.69 Å². The third-order valence-corrected chi connectivity index (χ3v) is 3.25. The van der Waals surface area contributed by atoms with Gasteiger partial charge in [0.25, 0.3) is 0 Å². The minimum atomic E-state index is 0.390. The van der Waals surface area contributed by atoms with E-state index in [1.54, 1.807) is 0 Å². The van der Waals surface area contributed by atoms with Gasteiger partial charge in [-0.15, -0.1) is 0 Å². The average Bonchev–Trinajstić information content (AvgIpc) is 2.78. The number of benzene rings is 1. The van der Waals surface area contributed by atoms with Crippen molar-refractivity contribution in [2.24, 2.45) is 0 Å². The summed E-state index contributed by atoms with van der Waals surface area (Å²) in [7, 11) is 4.20. The van der Waals surface area contributed by atoms with Crippen LogP contribution in [0.3, 0.4) is 0 Å². The van der Waals surface area contributed by atoms with Crippen molar-refractivity contribution in [3.63, 3.8) is 0 Å². The van der Waals surface area contributed by atoms with Crippen molar-refractivity contribution in [1.82, 2.24) is 14.5 Å².